The number of hydrogen-bond donors (Lipinski definition) is 0. The minimum absolute atomic E-state index is 0.0790. The summed E-state index contributed by atoms with van der Waals surface area (Å²) in [7, 11) is 1.61. The largest absolute Gasteiger partial charge is 0.497 e. The summed E-state index contributed by atoms with van der Waals surface area (Å²) in [6, 6.07) is 18.9. The lowest BCUT2D eigenvalue weighted by Gasteiger charge is -2.13. The molecule has 26 heavy (non-hydrogen) atoms. The van der Waals surface area contributed by atoms with Gasteiger partial charge in [0.05, 0.1) is 13.0 Å². The fraction of sp³-hybridized carbons (Fsp3) is 0.238. The van der Waals surface area contributed by atoms with Crippen molar-refractivity contribution in [3.8, 4) is 17.1 Å². The normalized spacial score (nSPS) is 11.8. The highest BCUT2D eigenvalue weighted by atomic mass is 16.5. The number of hydrogen-bond acceptors (Lipinski definition) is 5. The Bertz CT molecular complexity index is 857. The second kappa shape index (κ2) is 8.34. The Labute approximate surface area is 152 Å². The molecule has 1 aromatic heterocycles. The van der Waals surface area contributed by atoms with Crippen LogP contribution in [0.15, 0.2) is 65.2 Å². The van der Waals surface area contributed by atoms with Gasteiger partial charge in [0.1, 0.15) is 18.1 Å². The van der Waals surface area contributed by atoms with Gasteiger partial charge in [0.15, 0.2) is 5.76 Å². The summed E-state index contributed by atoms with van der Waals surface area (Å²) >= 11 is 0. The Balaban J connectivity index is 1.65. The van der Waals surface area contributed by atoms with E-state index in [2.05, 4.69) is 5.16 Å². The molecule has 1 atom stereocenters. The molecule has 134 valence electrons. The van der Waals surface area contributed by atoms with Crippen LogP contribution >= 0.6 is 0 Å². The fourth-order valence-corrected chi connectivity index (χ4v) is 2.76. The van der Waals surface area contributed by atoms with Crippen molar-refractivity contribution in [3.63, 3.8) is 0 Å². The predicted molar refractivity (Wildman–Crippen MR) is 97.8 cm³/mol. The standard InChI is InChI=1S/C21H21NO4/c1-3-19(15-8-5-4-6-9-15)21(23)25-14-17-13-20(26-22-17)16-10-7-11-18(12-16)24-2/h4-13,19H,3,14H2,1-2H3. The van der Waals surface area contributed by atoms with Gasteiger partial charge in [-0.3, -0.25) is 4.79 Å². The highest BCUT2D eigenvalue weighted by Gasteiger charge is 2.20. The smallest absolute Gasteiger partial charge is 0.313 e. The number of nitrogens with zero attached hydrogens (tertiary/aromatic N) is 1. The SMILES string of the molecule is CCC(C(=O)OCc1cc(-c2cccc(OC)c2)on1)c1ccccc1. The van der Waals surface area contributed by atoms with Gasteiger partial charge >= 0.3 is 5.97 Å². The molecule has 1 heterocycles. The van der Waals surface area contributed by atoms with E-state index in [1.807, 2.05) is 61.5 Å². The number of benzene rings is 2. The third kappa shape index (κ3) is 4.11. The van der Waals surface area contributed by atoms with Crippen molar-refractivity contribution < 1.29 is 18.8 Å². The first-order valence-corrected chi connectivity index (χ1v) is 8.53. The van der Waals surface area contributed by atoms with Crippen LogP contribution in [0.25, 0.3) is 11.3 Å². The molecule has 0 radical (unpaired) electrons. The van der Waals surface area contributed by atoms with Crippen LogP contribution in [-0.4, -0.2) is 18.2 Å². The van der Waals surface area contributed by atoms with Crippen molar-refractivity contribution in [2.75, 3.05) is 7.11 Å². The first-order chi connectivity index (χ1) is 12.7. The molecule has 0 bridgehead atoms. The lowest BCUT2D eigenvalue weighted by Crippen LogP contribution is -2.15. The zero-order valence-corrected chi connectivity index (χ0v) is 14.8. The average Bonchev–Trinajstić information content (AvgIpc) is 3.17. The van der Waals surface area contributed by atoms with Gasteiger partial charge in [-0.2, -0.15) is 0 Å². The second-order valence-corrected chi connectivity index (χ2v) is 5.89. The summed E-state index contributed by atoms with van der Waals surface area (Å²) in [5, 5.41) is 3.98. The van der Waals surface area contributed by atoms with E-state index in [0.717, 1.165) is 16.9 Å². The first-order valence-electron chi connectivity index (χ1n) is 8.53. The maximum atomic E-state index is 12.4. The van der Waals surface area contributed by atoms with E-state index >= 15 is 0 Å². The molecule has 5 heteroatoms. The lowest BCUT2D eigenvalue weighted by atomic mass is 9.97. The van der Waals surface area contributed by atoms with Gasteiger partial charge < -0.3 is 14.0 Å². The van der Waals surface area contributed by atoms with E-state index in [1.54, 1.807) is 13.2 Å². The van der Waals surface area contributed by atoms with Crippen LogP contribution in [0, 0.1) is 0 Å². The van der Waals surface area contributed by atoms with Gasteiger partial charge in [-0.15, -0.1) is 0 Å². The summed E-state index contributed by atoms with van der Waals surface area (Å²) in [6.07, 6.45) is 0.677. The van der Waals surface area contributed by atoms with E-state index in [4.69, 9.17) is 14.0 Å². The molecule has 5 nitrogen and oxygen atoms in total. The van der Waals surface area contributed by atoms with E-state index in [1.165, 1.54) is 0 Å². The van der Waals surface area contributed by atoms with Crippen molar-refractivity contribution in [1.29, 1.82) is 0 Å². The molecule has 0 amide bonds. The number of carbonyl (C=O) groups excluding carboxylic acids is 1. The van der Waals surface area contributed by atoms with Crippen LogP contribution in [0.5, 0.6) is 5.75 Å². The first kappa shape index (κ1) is 17.7. The molecule has 0 spiro atoms. The molecular weight excluding hydrogens is 330 g/mol. The van der Waals surface area contributed by atoms with E-state index in [9.17, 15) is 4.79 Å². The van der Waals surface area contributed by atoms with Gasteiger partial charge in [-0.1, -0.05) is 54.5 Å². The molecule has 0 aliphatic heterocycles. The Morgan fingerprint density at radius 2 is 1.92 bits per heavy atom. The highest BCUT2D eigenvalue weighted by Crippen LogP contribution is 2.25. The highest BCUT2D eigenvalue weighted by molar-refractivity contribution is 5.78. The van der Waals surface area contributed by atoms with Crippen LogP contribution < -0.4 is 4.74 Å². The number of rotatable bonds is 7. The third-order valence-electron chi connectivity index (χ3n) is 4.17. The van der Waals surface area contributed by atoms with Gasteiger partial charge in [0, 0.05) is 11.6 Å². The number of carbonyl (C=O) groups is 1. The molecule has 0 saturated heterocycles. The molecule has 0 N–H and O–H groups in total. The van der Waals surface area contributed by atoms with Crippen molar-refractivity contribution in [2.24, 2.45) is 0 Å². The van der Waals surface area contributed by atoms with Crippen LogP contribution in [0.3, 0.4) is 0 Å². The molecule has 3 rings (SSSR count). The van der Waals surface area contributed by atoms with Gasteiger partial charge in [-0.05, 0) is 24.1 Å². The van der Waals surface area contributed by atoms with E-state index < -0.39 is 0 Å². The van der Waals surface area contributed by atoms with Crippen LogP contribution in [-0.2, 0) is 16.1 Å². The summed E-state index contributed by atoms with van der Waals surface area (Å²) in [5.74, 6) is 0.802. The second-order valence-electron chi connectivity index (χ2n) is 5.89. The molecule has 0 saturated carbocycles. The summed E-state index contributed by atoms with van der Waals surface area (Å²) in [4.78, 5) is 12.4. The molecule has 1 unspecified atom stereocenters. The number of aromatic nitrogens is 1. The quantitative estimate of drug-likeness (QED) is 0.583. The van der Waals surface area contributed by atoms with Gasteiger partial charge in [-0.25, -0.2) is 0 Å². The Morgan fingerprint density at radius 1 is 1.12 bits per heavy atom. The molecular formula is C21H21NO4. The Morgan fingerprint density at radius 3 is 2.65 bits per heavy atom. The molecule has 2 aromatic carbocycles. The number of methoxy groups -OCH3 is 1. The van der Waals surface area contributed by atoms with Gasteiger partial charge in [0.25, 0.3) is 0 Å². The Kier molecular flexibility index (Phi) is 5.69. The van der Waals surface area contributed by atoms with Crippen LogP contribution in [0.2, 0.25) is 0 Å². The van der Waals surface area contributed by atoms with E-state index in [0.29, 0.717) is 17.9 Å². The fourth-order valence-electron chi connectivity index (χ4n) is 2.76. The van der Waals surface area contributed by atoms with Crippen LogP contribution in [0.4, 0.5) is 0 Å². The zero-order chi connectivity index (χ0) is 18.4. The minimum Gasteiger partial charge on any atom is -0.497 e. The van der Waals surface area contributed by atoms with Gasteiger partial charge in [0.2, 0.25) is 0 Å². The minimum atomic E-state index is -0.277. The average molecular weight is 351 g/mol. The summed E-state index contributed by atoms with van der Waals surface area (Å²) in [6.45, 7) is 2.05. The van der Waals surface area contributed by atoms with Crippen molar-refractivity contribution in [3.05, 3.63) is 71.9 Å². The predicted octanol–water partition coefficient (Wildman–Crippen LogP) is 4.59. The lowest BCUT2D eigenvalue weighted by molar-refractivity contribution is -0.147. The zero-order valence-electron chi connectivity index (χ0n) is 14.8. The third-order valence-corrected chi connectivity index (χ3v) is 4.17. The molecule has 3 aromatic rings. The summed E-state index contributed by atoms with van der Waals surface area (Å²) < 4.78 is 16.0. The number of ether oxygens (including phenoxy) is 2. The monoisotopic (exact) mass is 351 g/mol. The molecule has 0 aliphatic carbocycles. The maximum absolute atomic E-state index is 12.4. The topological polar surface area (TPSA) is 61.6 Å². The number of esters is 1. The Hall–Kier alpha value is -3.08. The van der Waals surface area contributed by atoms with Crippen molar-refractivity contribution >= 4 is 5.97 Å². The van der Waals surface area contributed by atoms with Crippen molar-refractivity contribution in [1.82, 2.24) is 5.16 Å². The van der Waals surface area contributed by atoms with Crippen molar-refractivity contribution in [2.45, 2.75) is 25.9 Å². The molecule has 0 fully saturated rings. The maximum Gasteiger partial charge on any atom is 0.313 e. The van der Waals surface area contributed by atoms with Crippen LogP contribution in [0.1, 0.15) is 30.5 Å². The summed E-state index contributed by atoms with van der Waals surface area (Å²) in [5.41, 5.74) is 2.38. The van der Waals surface area contributed by atoms with E-state index in [-0.39, 0.29) is 18.5 Å². The molecule has 0 aliphatic rings.